The Labute approximate surface area is 189 Å². The summed E-state index contributed by atoms with van der Waals surface area (Å²) in [6.07, 6.45) is 5.38. The van der Waals surface area contributed by atoms with Crippen LogP contribution >= 0.6 is 0 Å². The number of phenols is 1. The maximum atomic E-state index is 14.3. The van der Waals surface area contributed by atoms with E-state index in [1.807, 2.05) is 10.6 Å². The molecule has 172 valence electrons. The van der Waals surface area contributed by atoms with Crippen molar-refractivity contribution in [3.05, 3.63) is 65.4 Å². The minimum atomic E-state index is -0.935. The monoisotopic (exact) mass is 453 g/mol. The number of ether oxygens (including phenoxy) is 1. The predicted octanol–water partition coefficient (Wildman–Crippen LogP) is 5.78. The van der Waals surface area contributed by atoms with E-state index in [4.69, 9.17) is 4.74 Å². The summed E-state index contributed by atoms with van der Waals surface area (Å²) in [7, 11) is 0. The van der Waals surface area contributed by atoms with Crippen molar-refractivity contribution in [3.63, 3.8) is 0 Å². The number of aromatic nitrogens is 1. The Hall–Kier alpha value is -3.19. The van der Waals surface area contributed by atoms with Crippen LogP contribution in [0.2, 0.25) is 0 Å². The Morgan fingerprint density at radius 2 is 1.82 bits per heavy atom. The molecular formula is C26H25F2NO4. The van der Waals surface area contributed by atoms with Crippen molar-refractivity contribution >= 4 is 22.4 Å². The summed E-state index contributed by atoms with van der Waals surface area (Å²) in [5.74, 6) is -3.10. The number of halogens is 2. The lowest BCUT2D eigenvalue weighted by atomic mass is 9.83. The van der Waals surface area contributed by atoms with Gasteiger partial charge in [0.1, 0.15) is 5.75 Å². The molecular weight excluding hydrogens is 428 g/mol. The standard InChI is InChI=1S/C26H25F2NO4/c27-21-6-4-18(13-22(21)28)29-23-7-5-19(30)14-20(23)24(25(29)15-8-10-33-11-9-15)16-2-1-3-17(12-16)26(31)32/h4-7,12-15,17,30H,1-3,8-11H2,(H,31,32). The normalized spacial score (nSPS) is 19.6. The van der Waals surface area contributed by atoms with Crippen molar-refractivity contribution in [1.29, 1.82) is 0 Å². The summed E-state index contributed by atoms with van der Waals surface area (Å²) in [5.41, 5.74) is 4.00. The zero-order valence-corrected chi connectivity index (χ0v) is 18.1. The zero-order valence-electron chi connectivity index (χ0n) is 18.1. The lowest BCUT2D eigenvalue weighted by molar-refractivity contribution is -0.140. The van der Waals surface area contributed by atoms with Gasteiger partial charge in [0.2, 0.25) is 0 Å². The third-order valence-electron chi connectivity index (χ3n) is 6.76. The summed E-state index contributed by atoms with van der Waals surface area (Å²) in [6, 6.07) is 8.87. The van der Waals surface area contributed by atoms with Crippen LogP contribution in [0.15, 0.2) is 42.5 Å². The van der Waals surface area contributed by atoms with Gasteiger partial charge in [-0.2, -0.15) is 0 Å². The van der Waals surface area contributed by atoms with E-state index in [0.717, 1.165) is 53.1 Å². The maximum Gasteiger partial charge on any atom is 0.310 e. The highest BCUT2D eigenvalue weighted by atomic mass is 19.2. The Balaban J connectivity index is 1.84. The van der Waals surface area contributed by atoms with Gasteiger partial charge in [0, 0.05) is 47.5 Å². The summed E-state index contributed by atoms with van der Waals surface area (Å²) in [4.78, 5) is 11.7. The number of carboxylic acids is 1. The van der Waals surface area contributed by atoms with Crippen LogP contribution in [0.1, 0.15) is 49.3 Å². The third-order valence-corrected chi connectivity index (χ3v) is 6.76. The number of hydrogen-bond acceptors (Lipinski definition) is 3. The number of allylic oxidation sites excluding steroid dienone is 1. The van der Waals surface area contributed by atoms with Gasteiger partial charge >= 0.3 is 5.97 Å². The molecule has 3 aromatic rings. The van der Waals surface area contributed by atoms with Crippen molar-refractivity contribution in [2.45, 2.75) is 38.0 Å². The lowest BCUT2D eigenvalue weighted by Gasteiger charge is -2.27. The average Bonchev–Trinajstić information content (AvgIpc) is 3.15. The quantitative estimate of drug-likeness (QED) is 0.526. The van der Waals surface area contributed by atoms with Crippen molar-refractivity contribution in [2.24, 2.45) is 5.92 Å². The minimum absolute atomic E-state index is 0.0857. The van der Waals surface area contributed by atoms with Gasteiger partial charge in [-0.1, -0.05) is 6.08 Å². The van der Waals surface area contributed by atoms with Crippen LogP contribution < -0.4 is 0 Å². The molecule has 0 spiro atoms. The van der Waals surface area contributed by atoms with Crippen LogP contribution in [0.25, 0.3) is 22.2 Å². The number of aromatic hydroxyl groups is 1. The van der Waals surface area contributed by atoms with E-state index >= 15 is 0 Å². The van der Waals surface area contributed by atoms with E-state index in [2.05, 4.69) is 0 Å². The number of fused-ring (bicyclic) bond motifs is 1. The van der Waals surface area contributed by atoms with E-state index in [9.17, 15) is 23.8 Å². The van der Waals surface area contributed by atoms with Gasteiger partial charge < -0.3 is 19.5 Å². The molecule has 0 saturated carbocycles. The SMILES string of the molecule is O=C(O)C1C=C(c2c(C3CCOCC3)n(-c3ccc(F)c(F)c3)c3ccc(O)cc23)CCC1. The molecule has 1 saturated heterocycles. The van der Waals surface area contributed by atoms with Gasteiger partial charge in [0.05, 0.1) is 11.4 Å². The summed E-state index contributed by atoms with van der Waals surface area (Å²) >= 11 is 0. The highest BCUT2D eigenvalue weighted by Gasteiger charge is 2.31. The average molecular weight is 453 g/mol. The first-order chi connectivity index (χ1) is 15.9. The minimum Gasteiger partial charge on any atom is -0.508 e. The maximum absolute atomic E-state index is 14.3. The van der Waals surface area contributed by atoms with Crippen molar-refractivity contribution in [3.8, 4) is 11.4 Å². The van der Waals surface area contributed by atoms with Gasteiger partial charge in [-0.3, -0.25) is 4.79 Å². The van der Waals surface area contributed by atoms with E-state index in [1.165, 1.54) is 6.07 Å². The smallest absolute Gasteiger partial charge is 0.310 e. The van der Waals surface area contributed by atoms with E-state index in [0.29, 0.717) is 31.7 Å². The Morgan fingerprint density at radius 3 is 2.55 bits per heavy atom. The molecule has 5 nitrogen and oxygen atoms in total. The molecule has 5 rings (SSSR count). The van der Waals surface area contributed by atoms with Crippen molar-refractivity contribution in [1.82, 2.24) is 4.57 Å². The number of hydrogen-bond donors (Lipinski definition) is 2. The molecule has 2 aliphatic rings. The van der Waals surface area contributed by atoms with Crippen LogP contribution in [0.4, 0.5) is 8.78 Å². The second-order valence-electron chi connectivity index (χ2n) is 8.81. The Morgan fingerprint density at radius 1 is 1.03 bits per heavy atom. The molecule has 1 aliphatic heterocycles. The molecule has 1 unspecified atom stereocenters. The van der Waals surface area contributed by atoms with Gasteiger partial charge in [-0.25, -0.2) is 8.78 Å². The van der Waals surface area contributed by atoms with Gasteiger partial charge in [-0.15, -0.1) is 0 Å². The second kappa shape index (κ2) is 8.63. The number of phenolic OH excluding ortho intramolecular Hbond substituents is 1. The van der Waals surface area contributed by atoms with E-state index < -0.39 is 23.5 Å². The Kier molecular flexibility index (Phi) is 5.66. The topological polar surface area (TPSA) is 71.7 Å². The molecule has 7 heteroatoms. The van der Waals surface area contributed by atoms with Gasteiger partial charge in [0.15, 0.2) is 11.6 Å². The first kappa shape index (κ1) is 21.6. The molecule has 0 bridgehead atoms. The molecule has 2 N–H and O–H groups in total. The molecule has 1 aliphatic carbocycles. The van der Waals surface area contributed by atoms with Crippen LogP contribution in [-0.2, 0) is 9.53 Å². The van der Waals surface area contributed by atoms with Crippen molar-refractivity contribution < 1.29 is 28.5 Å². The molecule has 33 heavy (non-hydrogen) atoms. The number of rotatable bonds is 4. The number of benzene rings is 2. The highest BCUT2D eigenvalue weighted by molar-refractivity contribution is 5.98. The fourth-order valence-corrected chi connectivity index (χ4v) is 5.22. The molecule has 1 fully saturated rings. The lowest BCUT2D eigenvalue weighted by Crippen LogP contribution is -2.19. The summed E-state index contributed by atoms with van der Waals surface area (Å²) in [5, 5.41) is 20.7. The van der Waals surface area contributed by atoms with E-state index in [1.54, 1.807) is 24.3 Å². The van der Waals surface area contributed by atoms with Crippen LogP contribution in [0.5, 0.6) is 5.75 Å². The number of nitrogens with zero attached hydrogens (tertiary/aromatic N) is 1. The molecule has 0 amide bonds. The van der Waals surface area contributed by atoms with E-state index in [-0.39, 0.29) is 11.7 Å². The molecule has 1 atom stereocenters. The molecule has 2 aromatic carbocycles. The molecule has 1 aromatic heterocycles. The van der Waals surface area contributed by atoms with Crippen LogP contribution in [0.3, 0.4) is 0 Å². The molecule has 2 heterocycles. The first-order valence-electron chi connectivity index (χ1n) is 11.3. The first-order valence-corrected chi connectivity index (χ1v) is 11.3. The largest absolute Gasteiger partial charge is 0.508 e. The summed E-state index contributed by atoms with van der Waals surface area (Å²) in [6.45, 7) is 1.18. The number of carbonyl (C=O) groups is 1. The fourth-order valence-electron chi connectivity index (χ4n) is 5.22. The zero-order chi connectivity index (χ0) is 23.1. The Bertz CT molecular complexity index is 1260. The van der Waals surface area contributed by atoms with Gasteiger partial charge in [-0.05, 0) is 68.0 Å². The summed E-state index contributed by atoms with van der Waals surface area (Å²) < 4.78 is 35.5. The fraction of sp³-hybridized carbons (Fsp3) is 0.346. The van der Waals surface area contributed by atoms with Crippen molar-refractivity contribution in [2.75, 3.05) is 13.2 Å². The number of carboxylic acid groups (broad SMARTS) is 1. The number of aliphatic carboxylic acids is 1. The highest BCUT2D eigenvalue weighted by Crippen LogP contribution is 2.45. The van der Waals surface area contributed by atoms with Crippen LogP contribution in [-0.4, -0.2) is 34.0 Å². The van der Waals surface area contributed by atoms with Gasteiger partial charge in [0.25, 0.3) is 0 Å². The third kappa shape index (κ3) is 3.91. The molecule has 0 radical (unpaired) electrons. The predicted molar refractivity (Wildman–Crippen MR) is 121 cm³/mol. The van der Waals surface area contributed by atoms with Crippen LogP contribution in [0, 0.1) is 17.6 Å². The second-order valence-corrected chi connectivity index (χ2v) is 8.81.